The van der Waals surface area contributed by atoms with Crippen LogP contribution in [0.2, 0.25) is 0 Å². The summed E-state index contributed by atoms with van der Waals surface area (Å²) in [5.41, 5.74) is 1.05. The molecule has 0 radical (unpaired) electrons. The highest BCUT2D eigenvalue weighted by atomic mass is 35.5. The maximum atomic E-state index is 9.54. The van der Waals surface area contributed by atoms with Gasteiger partial charge in [0.05, 0.1) is 0 Å². The van der Waals surface area contributed by atoms with E-state index in [0.717, 1.165) is 18.8 Å². The average molecular weight is 221 g/mol. The van der Waals surface area contributed by atoms with Crippen molar-refractivity contribution in [1.29, 1.82) is 0 Å². The van der Waals surface area contributed by atoms with Crippen molar-refractivity contribution in [2.75, 3.05) is 26.2 Å². The van der Waals surface area contributed by atoms with Gasteiger partial charge in [0.1, 0.15) is 18.4 Å². The molecule has 1 heterocycles. The Balaban J connectivity index is 2.08. The Morgan fingerprint density at radius 1 is 1.43 bits per heavy atom. The van der Waals surface area contributed by atoms with Gasteiger partial charge in [0.2, 0.25) is 0 Å². The maximum absolute atomic E-state index is 9.54. The number of hydrogen-bond donors (Lipinski definition) is 1. The van der Waals surface area contributed by atoms with E-state index >= 15 is 0 Å². The van der Waals surface area contributed by atoms with E-state index in [0.29, 0.717) is 6.54 Å². The Hall–Kier alpha value is -0.320. The van der Waals surface area contributed by atoms with E-state index in [1.807, 2.05) is 0 Å². The predicted molar refractivity (Wildman–Crippen MR) is 56.6 cm³/mol. The molecule has 0 spiro atoms. The van der Waals surface area contributed by atoms with E-state index in [2.05, 4.69) is 10.1 Å². The number of nitrogens with zero attached hydrogens (tertiary/aromatic N) is 2. The van der Waals surface area contributed by atoms with Crippen molar-refractivity contribution < 1.29 is 9.94 Å². The van der Waals surface area contributed by atoms with Crippen LogP contribution in [0.5, 0.6) is 0 Å². The molecule has 1 unspecified atom stereocenters. The monoisotopic (exact) mass is 220 g/mol. The second-order valence-corrected chi connectivity index (χ2v) is 3.71. The van der Waals surface area contributed by atoms with Crippen LogP contribution in [0.3, 0.4) is 0 Å². The van der Waals surface area contributed by atoms with Crippen molar-refractivity contribution in [3.63, 3.8) is 0 Å². The number of piperidine rings is 1. The molecule has 5 heteroatoms. The van der Waals surface area contributed by atoms with Crippen LogP contribution in [0.25, 0.3) is 0 Å². The summed E-state index contributed by atoms with van der Waals surface area (Å²) in [6, 6.07) is 0. The van der Waals surface area contributed by atoms with Crippen molar-refractivity contribution in [3.8, 4) is 0 Å². The van der Waals surface area contributed by atoms with E-state index in [1.54, 1.807) is 0 Å². The second kappa shape index (κ2) is 7.04. The summed E-state index contributed by atoms with van der Waals surface area (Å²) in [7, 11) is 0. The minimum Gasteiger partial charge on any atom is -0.392 e. The molecule has 1 aliphatic rings. The van der Waals surface area contributed by atoms with Crippen LogP contribution in [-0.4, -0.2) is 48.0 Å². The van der Waals surface area contributed by atoms with Gasteiger partial charge in [-0.3, -0.25) is 0 Å². The van der Waals surface area contributed by atoms with Crippen molar-refractivity contribution in [1.82, 2.24) is 4.90 Å². The van der Waals surface area contributed by atoms with Gasteiger partial charge in [-0.15, -0.1) is 0 Å². The number of likely N-dealkylation sites (tertiary alicyclic amines) is 1. The van der Waals surface area contributed by atoms with Gasteiger partial charge >= 0.3 is 0 Å². The molecule has 1 N–H and O–H groups in total. The molecule has 1 atom stereocenters. The first-order chi connectivity index (χ1) is 6.83. The van der Waals surface area contributed by atoms with Crippen LogP contribution >= 0.6 is 11.6 Å². The first kappa shape index (κ1) is 11.8. The van der Waals surface area contributed by atoms with Crippen molar-refractivity contribution >= 4 is 17.3 Å². The Bertz CT molecular complexity index is 172. The number of aliphatic hydroxyl groups excluding tert-OH is 1. The summed E-state index contributed by atoms with van der Waals surface area (Å²) in [5.74, 6) is 0. The lowest BCUT2D eigenvalue weighted by molar-refractivity contribution is 0.0165. The Labute approximate surface area is 89.5 Å². The highest BCUT2D eigenvalue weighted by Crippen LogP contribution is 2.08. The fraction of sp³-hybridized carbons (Fsp3) is 0.889. The van der Waals surface area contributed by atoms with Crippen LogP contribution in [0.4, 0.5) is 0 Å². The Kier molecular flexibility index (Phi) is 5.91. The minimum atomic E-state index is -0.478. The molecule has 1 rings (SSSR count). The highest BCUT2D eigenvalue weighted by Gasteiger charge is 2.14. The van der Waals surface area contributed by atoms with Gasteiger partial charge in [-0.05, 0) is 25.9 Å². The molecule has 0 aromatic rings. The van der Waals surface area contributed by atoms with Gasteiger partial charge in [0, 0.05) is 6.54 Å². The van der Waals surface area contributed by atoms with Crippen LogP contribution in [0.15, 0.2) is 5.16 Å². The topological polar surface area (TPSA) is 45.1 Å². The van der Waals surface area contributed by atoms with E-state index in [-0.39, 0.29) is 6.61 Å². The van der Waals surface area contributed by atoms with Gasteiger partial charge in [-0.25, -0.2) is 0 Å². The molecule has 1 saturated heterocycles. The summed E-state index contributed by atoms with van der Waals surface area (Å²) in [6.45, 7) is 3.03. The molecule has 0 saturated carbocycles. The molecule has 0 amide bonds. The van der Waals surface area contributed by atoms with E-state index < -0.39 is 6.10 Å². The Morgan fingerprint density at radius 2 is 2.14 bits per heavy atom. The van der Waals surface area contributed by atoms with Gasteiger partial charge in [0.25, 0.3) is 0 Å². The molecule has 0 aliphatic carbocycles. The average Bonchev–Trinajstić information content (AvgIpc) is 2.20. The summed E-state index contributed by atoms with van der Waals surface area (Å²) in [4.78, 5) is 7.00. The molecule has 82 valence electrons. The third kappa shape index (κ3) is 4.79. The van der Waals surface area contributed by atoms with Crippen molar-refractivity contribution in [3.05, 3.63) is 0 Å². The molecule has 1 aliphatic heterocycles. The SMILES string of the molecule is OC(CO/N=C\Cl)CN1CCCCC1. The number of aliphatic hydroxyl groups is 1. The van der Waals surface area contributed by atoms with Crippen LogP contribution in [0.1, 0.15) is 19.3 Å². The van der Waals surface area contributed by atoms with Gasteiger partial charge in [0.15, 0.2) is 0 Å². The third-order valence-electron chi connectivity index (χ3n) is 2.30. The first-order valence-electron chi connectivity index (χ1n) is 4.97. The maximum Gasteiger partial charge on any atom is 0.144 e. The molecule has 1 fully saturated rings. The highest BCUT2D eigenvalue weighted by molar-refractivity contribution is 6.56. The second-order valence-electron chi connectivity index (χ2n) is 3.51. The quantitative estimate of drug-likeness (QED) is 0.556. The lowest BCUT2D eigenvalue weighted by Crippen LogP contribution is -2.37. The molecule has 4 nitrogen and oxygen atoms in total. The molecular formula is C9H17ClN2O2. The summed E-state index contributed by atoms with van der Waals surface area (Å²) >= 11 is 5.17. The molecular weight excluding hydrogens is 204 g/mol. The molecule has 14 heavy (non-hydrogen) atoms. The van der Waals surface area contributed by atoms with Gasteiger partial charge in [-0.1, -0.05) is 23.2 Å². The lowest BCUT2D eigenvalue weighted by atomic mass is 10.1. The summed E-state index contributed by atoms with van der Waals surface area (Å²) in [6.07, 6.45) is 3.29. The van der Waals surface area contributed by atoms with Crippen molar-refractivity contribution in [2.24, 2.45) is 5.16 Å². The number of β-amino-alcohol motifs (C(OH)–C–C–N with tert-alkyl or cyclic N) is 1. The number of rotatable bonds is 5. The number of oxime groups is 1. The normalized spacial score (nSPS) is 21.3. The van der Waals surface area contributed by atoms with E-state index in [9.17, 15) is 5.11 Å². The fourth-order valence-electron chi connectivity index (χ4n) is 1.65. The van der Waals surface area contributed by atoms with Crippen LogP contribution < -0.4 is 0 Å². The van der Waals surface area contributed by atoms with Crippen LogP contribution in [-0.2, 0) is 4.84 Å². The lowest BCUT2D eigenvalue weighted by Gasteiger charge is -2.27. The summed E-state index contributed by atoms with van der Waals surface area (Å²) < 4.78 is 0. The standard InChI is InChI=1S/C9H17ClN2O2/c10-8-11-14-7-9(13)6-12-4-2-1-3-5-12/h8-9,13H,1-7H2/b11-8-. The number of hydrogen-bond acceptors (Lipinski definition) is 4. The third-order valence-corrected chi connectivity index (χ3v) is 2.38. The van der Waals surface area contributed by atoms with Gasteiger partial charge < -0.3 is 14.8 Å². The smallest absolute Gasteiger partial charge is 0.144 e. The first-order valence-corrected chi connectivity index (χ1v) is 5.41. The molecule has 0 aromatic carbocycles. The van der Waals surface area contributed by atoms with Crippen LogP contribution in [0, 0.1) is 0 Å². The summed E-state index contributed by atoms with van der Waals surface area (Å²) in [5, 5.41) is 12.9. The number of halogens is 1. The van der Waals surface area contributed by atoms with E-state index in [4.69, 9.17) is 16.4 Å². The zero-order chi connectivity index (χ0) is 10.2. The largest absolute Gasteiger partial charge is 0.392 e. The van der Waals surface area contributed by atoms with Crippen molar-refractivity contribution in [2.45, 2.75) is 25.4 Å². The Morgan fingerprint density at radius 3 is 2.79 bits per heavy atom. The fourth-order valence-corrected chi connectivity index (χ4v) is 1.71. The molecule has 0 aromatic heterocycles. The van der Waals surface area contributed by atoms with E-state index in [1.165, 1.54) is 19.3 Å². The zero-order valence-corrected chi connectivity index (χ0v) is 8.99. The molecule has 0 bridgehead atoms. The predicted octanol–water partition coefficient (Wildman–Crippen LogP) is 1.03. The minimum absolute atomic E-state index is 0.208. The zero-order valence-electron chi connectivity index (χ0n) is 8.23. The van der Waals surface area contributed by atoms with Gasteiger partial charge in [-0.2, -0.15) is 0 Å².